The third kappa shape index (κ3) is 6.85. The number of anilines is 6. The van der Waals surface area contributed by atoms with Crippen molar-refractivity contribution < 1.29 is 0 Å². The van der Waals surface area contributed by atoms with E-state index in [2.05, 4.69) is 284 Å². The van der Waals surface area contributed by atoms with Gasteiger partial charge in [-0.1, -0.05) is 207 Å². The Bertz CT molecular complexity index is 3990. The van der Waals surface area contributed by atoms with E-state index >= 15 is 0 Å². The Labute approximate surface area is 450 Å². The van der Waals surface area contributed by atoms with E-state index in [-0.39, 0.29) is 21.7 Å². The van der Waals surface area contributed by atoms with Crippen molar-refractivity contribution in [2.75, 3.05) is 9.80 Å². The second kappa shape index (κ2) is 16.6. The predicted molar refractivity (Wildman–Crippen MR) is 322 cm³/mol. The van der Waals surface area contributed by atoms with Crippen molar-refractivity contribution in [1.82, 2.24) is 0 Å². The number of fused-ring (bicyclic) bond motifs is 11. The highest BCUT2D eigenvalue weighted by Crippen LogP contribution is 2.56. The van der Waals surface area contributed by atoms with E-state index in [4.69, 9.17) is 0 Å². The lowest BCUT2D eigenvalue weighted by atomic mass is 9.78. The number of hydrogen-bond donors (Lipinski definition) is 0. The van der Waals surface area contributed by atoms with E-state index < -0.39 is 0 Å². The number of nitrogens with zero attached hydrogens (tertiary/aromatic N) is 2. The van der Waals surface area contributed by atoms with Gasteiger partial charge in [0.25, 0.3) is 0 Å². The molecule has 9 aromatic rings. The molecule has 0 spiro atoms. The van der Waals surface area contributed by atoms with Crippen LogP contribution in [0.15, 0.2) is 212 Å². The molecule has 14 rings (SSSR count). The summed E-state index contributed by atoms with van der Waals surface area (Å²) in [5.74, 6) is 0. The van der Waals surface area contributed by atoms with Gasteiger partial charge in [-0.25, -0.2) is 0 Å². The third-order valence-corrected chi connectivity index (χ3v) is 18.4. The molecular weight excluding hydrogens is 917 g/mol. The van der Waals surface area contributed by atoms with Crippen LogP contribution in [0.2, 0.25) is 0 Å². The topological polar surface area (TPSA) is 6.48 Å². The first-order chi connectivity index (χ1) is 36.7. The van der Waals surface area contributed by atoms with Crippen molar-refractivity contribution in [2.24, 2.45) is 0 Å². The first kappa shape index (κ1) is 46.3. The summed E-state index contributed by atoms with van der Waals surface area (Å²) in [4.78, 5) is 4.90. The zero-order valence-corrected chi connectivity index (χ0v) is 45.1. The molecule has 0 aliphatic heterocycles. The number of rotatable bonds is 8. The Morgan fingerprint density at radius 3 is 1.13 bits per heavy atom. The summed E-state index contributed by atoms with van der Waals surface area (Å²) in [7, 11) is 0. The zero-order chi connectivity index (χ0) is 51.9. The third-order valence-electron chi connectivity index (χ3n) is 18.4. The normalized spacial score (nSPS) is 16.8. The first-order valence-electron chi connectivity index (χ1n) is 27.5. The van der Waals surface area contributed by atoms with Gasteiger partial charge in [0.1, 0.15) is 0 Å². The maximum atomic E-state index is 2.47. The largest absolute Gasteiger partial charge is 0.310 e. The summed E-state index contributed by atoms with van der Waals surface area (Å²) in [5, 5.41) is 0. The minimum Gasteiger partial charge on any atom is -0.310 e. The fraction of sp³-hybridized carbons (Fsp3) is 0.189. The molecule has 2 heteroatoms. The van der Waals surface area contributed by atoms with Crippen molar-refractivity contribution >= 4 is 51.8 Å². The smallest absolute Gasteiger partial charge is 0.0465 e. The van der Waals surface area contributed by atoms with Crippen LogP contribution >= 0.6 is 0 Å². The van der Waals surface area contributed by atoms with Gasteiger partial charge in [0, 0.05) is 55.8 Å². The molecule has 9 aromatic carbocycles. The summed E-state index contributed by atoms with van der Waals surface area (Å²) in [6.45, 7) is 19.2. The molecule has 5 aliphatic rings. The van der Waals surface area contributed by atoms with Gasteiger partial charge in [-0.15, -0.1) is 0 Å². The minimum atomic E-state index is -0.196. The van der Waals surface area contributed by atoms with Crippen LogP contribution < -0.4 is 9.80 Å². The Morgan fingerprint density at radius 1 is 0.316 bits per heavy atom. The fourth-order valence-corrected chi connectivity index (χ4v) is 14.2. The average Bonchev–Trinajstić information content (AvgIpc) is 4.13. The number of benzene rings is 9. The van der Waals surface area contributed by atoms with E-state index in [1.807, 2.05) is 0 Å². The molecule has 0 N–H and O–H groups in total. The predicted octanol–water partition coefficient (Wildman–Crippen LogP) is 20.1. The lowest BCUT2D eigenvalue weighted by Crippen LogP contribution is -2.19. The van der Waals surface area contributed by atoms with Crippen molar-refractivity contribution in [3.05, 3.63) is 267 Å². The lowest BCUT2D eigenvalue weighted by molar-refractivity contribution is 0.607. The average molecular weight is 981 g/mol. The van der Waals surface area contributed by atoms with Gasteiger partial charge in [0.15, 0.2) is 0 Å². The summed E-state index contributed by atoms with van der Waals surface area (Å²) >= 11 is 0. The van der Waals surface area contributed by atoms with Gasteiger partial charge in [0.05, 0.1) is 0 Å². The molecule has 0 saturated carbocycles. The Balaban J connectivity index is 0.755. The van der Waals surface area contributed by atoms with Gasteiger partial charge in [-0.3, -0.25) is 0 Å². The molecule has 0 atom stereocenters. The quantitative estimate of drug-likeness (QED) is 0.140. The molecule has 0 radical (unpaired) electrons. The molecule has 0 heterocycles. The monoisotopic (exact) mass is 981 g/mol. The molecule has 5 aliphatic carbocycles. The van der Waals surface area contributed by atoms with Crippen LogP contribution in [0, 0.1) is 0 Å². The first-order valence-corrected chi connectivity index (χ1v) is 27.5. The molecule has 0 aromatic heterocycles. The standard InChI is InChI=1S/C74H64N2/c1-71(2)63-25-17-15-23-55(63)59-37-31-51(43-67(59)71)75(49-19-11-9-12-20-49)53-33-39-61-57-35-29-47(41-65(57)73(5,6)69(61)45-53)27-28-48-30-36-58-62-40-34-54(46-70(62)74(7,8)66(58)42-48)76(50-21-13-10-14-22-50)52-32-38-60-56-24-16-18-26-64(56)72(3,4)68(60)44-52/h9-17,19-25,27-46H,18,26H2,1-8H3/b28-27+. The van der Waals surface area contributed by atoms with Crippen LogP contribution in [-0.4, -0.2) is 0 Å². The second-order valence-electron chi connectivity index (χ2n) is 24.1. The number of para-hydroxylation sites is 2. The van der Waals surface area contributed by atoms with Crippen molar-refractivity contribution in [3.63, 3.8) is 0 Å². The van der Waals surface area contributed by atoms with Gasteiger partial charge >= 0.3 is 0 Å². The fourth-order valence-electron chi connectivity index (χ4n) is 14.2. The highest BCUT2D eigenvalue weighted by Gasteiger charge is 2.41. The SMILES string of the molecule is CC1(C)C2=C(C=CCC2)c2ccc(N(c3ccccc3)c3ccc4c(c3)C(C)(C)c3cc(/C=C/c5ccc6c(c5)C(C)(C)c5cc(N(c7ccccc7)c7ccc8c(c7)C(C)(C)c7ccccc7-8)ccc5-6)ccc3-4)cc21. The van der Waals surface area contributed by atoms with E-state index in [0.29, 0.717) is 0 Å². The number of hydrogen-bond acceptors (Lipinski definition) is 2. The second-order valence-corrected chi connectivity index (χ2v) is 24.1. The molecule has 0 unspecified atom stereocenters. The van der Waals surface area contributed by atoms with Gasteiger partial charge in [0.2, 0.25) is 0 Å². The van der Waals surface area contributed by atoms with E-state index in [9.17, 15) is 0 Å². The van der Waals surface area contributed by atoms with E-state index in [1.54, 1.807) is 5.57 Å². The van der Waals surface area contributed by atoms with Crippen LogP contribution in [0.1, 0.15) is 124 Å². The highest BCUT2D eigenvalue weighted by atomic mass is 15.1. The van der Waals surface area contributed by atoms with Gasteiger partial charge < -0.3 is 9.80 Å². The molecular formula is C74H64N2. The maximum Gasteiger partial charge on any atom is 0.0465 e. The van der Waals surface area contributed by atoms with Crippen LogP contribution in [-0.2, 0) is 21.7 Å². The molecule has 0 amide bonds. The zero-order valence-electron chi connectivity index (χ0n) is 45.1. The molecule has 0 bridgehead atoms. The molecule has 76 heavy (non-hydrogen) atoms. The Kier molecular flexibility index (Phi) is 10.2. The lowest BCUT2D eigenvalue weighted by Gasteiger charge is -2.30. The van der Waals surface area contributed by atoms with Crippen molar-refractivity contribution in [3.8, 4) is 33.4 Å². The highest BCUT2D eigenvalue weighted by molar-refractivity contribution is 5.92. The Morgan fingerprint density at radius 2 is 0.671 bits per heavy atom. The summed E-state index contributed by atoms with van der Waals surface area (Å²) in [6.07, 6.45) is 11.6. The minimum absolute atomic E-state index is 0.00211. The van der Waals surface area contributed by atoms with Crippen LogP contribution in [0.4, 0.5) is 34.1 Å². The van der Waals surface area contributed by atoms with Crippen molar-refractivity contribution in [1.29, 1.82) is 0 Å². The number of allylic oxidation sites excluding steroid dienone is 4. The molecule has 0 fully saturated rings. The molecule has 0 saturated heterocycles. The van der Waals surface area contributed by atoms with Crippen molar-refractivity contribution in [2.45, 2.75) is 89.9 Å². The van der Waals surface area contributed by atoms with Crippen LogP contribution in [0.25, 0.3) is 51.1 Å². The van der Waals surface area contributed by atoms with E-state index in [1.165, 1.54) is 117 Å². The van der Waals surface area contributed by atoms with Crippen LogP contribution in [0.3, 0.4) is 0 Å². The molecule has 2 nitrogen and oxygen atoms in total. The maximum absolute atomic E-state index is 2.47. The molecule has 370 valence electrons. The van der Waals surface area contributed by atoms with Crippen LogP contribution in [0.5, 0.6) is 0 Å². The van der Waals surface area contributed by atoms with Gasteiger partial charge in [-0.2, -0.15) is 0 Å². The summed E-state index contributed by atoms with van der Waals surface area (Å²) in [6, 6.07) is 73.4. The summed E-state index contributed by atoms with van der Waals surface area (Å²) in [5.41, 5.74) is 31.0. The Hall–Kier alpha value is -8.20. The summed E-state index contributed by atoms with van der Waals surface area (Å²) < 4.78 is 0. The van der Waals surface area contributed by atoms with E-state index in [0.717, 1.165) is 24.2 Å². The van der Waals surface area contributed by atoms with Gasteiger partial charge in [-0.05, 0) is 180 Å².